The maximum absolute atomic E-state index is 11.6. The van der Waals surface area contributed by atoms with Crippen LogP contribution in [0.5, 0.6) is 0 Å². The fourth-order valence-electron chi connectivity index (χ4n) is 3.90. The number of carbonyl (C=O) groups is 1. The predicted molar refractivity (Wildman–Crippen MR) is 122 cm³/mol. The summed E-state index contributed by atoms with van der Waals surface area (Å²) >= 11 is 0. The standard InChI is InChI=1S/C26H35NO4/c1-18-7-5-6-8-23(18)24(20-13-14-20)31-17-22(28)16-27-26(2,3)15-19-9-11-21(12-10-19)25(29)30-4/h5-12,20,22,24,27-28H,13-17H2,1-4H3. The molecule has 1 aliphatic carbocycles. The summed E-state index contributed by atoms with van der Waals surface area (Å²) < 4.78 is 10.9. The number of hydrogen-bond acceptors (Lipinski definition) is 5. The van der Waals surface area contributed by atoms with E-state index in [1.165, 1.54) is 31.1 Å². The first kappa shape index (κ1) is 23.5. The molecule has 5 nitrogen and oxygen atoms in total. The molecule has 2 N–H and O–H groups in total. The van der Waals surface area contributed by atoms with Gasteiger partial charge >= 0.3 is 5.97 Å². The molecular formula is C26H35NO4. The van der Waals surface area contributed by atoms with E-state index in [4.69, 9.17) is 9.47 Å². The minimum Gasteiger partial charge on any atom is -0.465 e. The first-order chi connectivity index (χ1) is 14.8. The van der Waals surface area contributed by atoms with Gasteiger partial charge in [0.05, 0.1) is 31.5 Å². The molecule has 2 aromatic carbocycles. The maximum Gasteiger partial charge on any atom is 0.337 e. The summed E-state index contributed by atoms with van der Waals surface area (Å²) in [6, 6.07) is 15.8. The van der Waals surface area contributed by atoms with Crippen molar-refractivity contribution in [3.8, 4) is 0 Å². The van der Waals surface area contributed by atoms with Gasteiger partial charge in [0.1, 0.15) is 0 Å². The number of aliphatic hydroxyl groups excluding tert-OH is 1. The van der Waals surface area contributed by atoms with E-state index in [2.05, 4.69) is 44.3 Å². The zero-order valence-electron chi connectivity index (χ0n) is 19.1. The smallest absolute Gasteiger partial charge is 0.337 e. The van der Waals surface area contributed by atoms with E-state index in [-0.39, 0.29) is 17.6 Å². The number of carbonyl (C=O) groups excluding carboxylic acids is 1. The largest absolute Gasteiger partial charge is 0.465 e. The van der Waals surface area contributed by atoms with Crippen LogP contribution in [0.25, 0.3) is 0 Å². The van der Waals surface area contributed by atoms with Gasteiger partial charge in [-0.3, -0.25) is 0 Å². The molecule has 0 spiro atoms. The van der Waals surface area contributed by atoms with Crippen molar-refractivity contribution < 1.29 is 19.4 Å². The maximum atomic E-state index is 11.6. The number of ether oxygens (including phenoxy) is 2. The first-order valence-corrected chi connectivity index (χ1v) is 11.1. The molecule has 0 radical (unpaired) electrons. The van der Waals surface area contributed by atoms with Crippen LogP contribution in [0.2, 0.25) is 0 Å². The third-order valence-electron chi connectivity index (χ3n) is 5.85. The monoisotopic (exact) mass is 425 g/mol. The van der Waals surface area contributed by atoms with Gasteiger partial charge in [-0.1, -0.05) is 36.4 Å². The van der Waals surface area contributed by atoms with Crippen LogP contribution in [-0.4, -0.2) is 43.0 Å². The molecule has 168 valence electrons. The normalized spacial score (nSPS) is 16.0. The van der Waals surface area contributed by atoms with Crippen molar-refractivity contribution in [3.63, 3.8) is 0 Å². The van der Waals surface area contributed by atoms with Crippen molar-refractivity contribution >= 4 is 5.97 Å². The molecule has 0 aliphatic heterocycles. The van der Waals surface area contributed by atoms with Gasteiger partial charge in [0.2, 0.25) is 0 Å². The number of hydrogen-bond donors (Lipinski definition) is 2. The molecule has 31 heavy (non-hydrogen) atoms. The number of methoxy groups -OCH3 is 1. The quantitative estimate of drug-likeness (QED) is 0.528. The highest BCUT2D eigenvalue weighted by molar-refractivity contribution is 5.89. The lowest BCUT2D eigenvalue weighted by Crippen LogP contribution is -2.46. The Morgan fingerprint density at radius 3 is 2.45 bits per heavy atom. The Balaban J connectivity index is 1.48. The highest BCUT2D eigenvalue weighted by Crippen LogP contribution is 2.44. The lowest BCUT2D eigenvalue weighted by molar-refractivity contribution is -0.0213. The van der Waals surface area contributed by atoms with Gasteiger partial charge in [-0.25, -0.2) is 4.79 Å². The molecule has 1 aliphatic rings. The van der Waals surface area contributed by atoms with Crippen LogP contribution < -0.4 is 5.32 Å². The van der Waals surface area contributed by atoms with Crippen molar-refractivity contribution in [2.45, 2.75) is 57.8 Å². The minimum atomic E-state index is -0.578. The van der Waals surface area contributed by atoms with Crippen LogP contribution in [0.4, 0.5) is 0 Å². The Labute approximate surface area is 185 Å². The second-order valence-corrected chi connectivity index (χ2v) is 9.23. The third kappa shape index (κ3) is 6.89. The zero-order chi connectivity index (χ0) is 22.4. The molecule has 0 bridgehead atoms. The lowest BCUT2D eigenvalue weighted by Gasteiger charge is -2.29. The molecule has 0 heterocycles. The van der Waals surface area contributed by atoms with Gasteiger partial charge in [0.25, 0.3) is 0 Å². The second kappa shape index (κ2) is 10.4. The Morgan fingerprint density at radius 2 is 1.84 bits per heavy atom. The minimum absolute atomic E-state index is 0.0668. The predicted octanol–water partition coefficient (Wildman–Crippen LogP) is 4.22. The van der Waals surface area contributed by atoms with Crippen molar-refractivity contribution in [2.24, 2.45) is 5.92 Å². The van der Waals surface area contributed by atoms with E-state index in [0.29, 0.717) is 24.6 Å². The lowest BCUT2D eigenvalue weighted by atomic mass is 9.94. The average Bonchev–Trinajstić information content (AvgIpc) is 3.59. The number of β-amino-alcohol motifs (C(OH)–C–C–N with tert-alkyl or cyclic N) is 1. The van der Waals surface area contributed by atoms with Gasteiger partial charge in [-0.05, 0) is 74.8 Å². The summed E-state index contributed by atoms with van der Waals surface area (Å²) in [5.41, 5.74) is 3.93. The molecule has 5 heteroatoms. The topological polar surface area (TPSA) is 67.8 Å². The summed E-state index contributed by atoms with van der Waals surface area (Å²) in [6.45, 7) is 7.10. The first-order valence-electron chi connectivity index (χ1n) is 11.1. The molecule has 1 saturated carbocycles. The van der Waals surface area contributed by atoms with E-state index in [9.17, 15) is 9.90 Å². The average molecular weight is 426 g/mol. The van der Waals surface area contributed by atoms with E-state index >= 15 is 0 Å². The van der Waals surface area contributed by atoms with Crippen LogP contribution in [0.15, 0.2) is 48.5 Å². The molecule has 0 aromatic heterocycles. The SMILES string of the molecule is COC(=O)c1ccc(CC(C)(C)NCC(O)COC(c2ccccc2C)C2CC2)cc1. The van der Waals surface area contributed by atoms with Crippen molar-refractivity contribution in [2.75, 3.05) is 20.3 Å². The summed E-state index contributed by atoms with van der Waals surface area (Å²) in [6.07, 6.45) is 2.64. The second-order valence-electron chi connectivity index (χ2n) is 9.23. The summed E-state index contributed by atoms with van der Waals surface area (Å²) in [4.78, 5) is 11.6. The van der Waals surface area contributed by atoms with Gasteiger partial charge in [-0.15, -0.1) is 0 Å². The fraction of sp³-hybridized carbons (Fsp3) is 0.500. The number of aryl methyl sites for hydroxylation is 1. The number of aliphatic hydroxyl groups is 1. The summed E-state index contributed by atoms with van der Waals surface area (Å²) in [7, 11) is 1.38. The highest BCUT2D eigenvalue weighted by atomic mass is 16.5. The number of esters is 1. The Hall–Kier alpha value is -2.21. The molecule has 2 unspecified atom stereocenters. The third-order valence-corrected chi connectivity index (χ3v) is 5.85. The van der Waals surface area contributed by atoms with Crippen LogP contribution >= 0.6 is 0 Å². The molecule has 0 saturated heterocycles. The van der Waals surface area contributed by atoms with Gasteiger partial charge in [0, 0.05) is 12.1 Å². The van der Waals surface area contributed by atoms with Crippen LogP contribution in [0.1, 0.15) is 59.8 Å². The van der Waals surface area contributed by atoms with Crippen LogP contribution in [-0.2, 0) is 15.9 Å². The number of rotatable bonds is 11. The number of benzene rings is 2. The van der Waals surface area contributed by atoms with Gasteiger partial charge < -0.3 is 19.9 Å². The van der Waals surface area contributed by atoms with Gasteiger partial charge in [-0.2, -0.15) is 0 Å². The van der Waals surface area contributed by atoms with Gasteiger partial charge in [0.15, 0.2) is 0 Å². The molecule has 3 rings (SSSR count). The molecule has 0 amide bonds. The number of nitrogens with one attached hydrogen (secondary N) is 1. The molecule has 2 aromatic rings. The molecular weight excluding hydrogens is 390 g/mol. The van der Waals surface area contributed by atoms with E-state index in [0.717, 1.165) is 12.0 Å². The molecule has 2 atom stereocenters. The Bertz CT molecular complexity index is 858. The van der Waals surface area contributed by atoms with Crippen molar-refractivity contribution in [1.29, 1.82) is 0 Å². The van der Waals surface area contributed by atoms with Crippen molar-refractivity contribution in [3.05, 3.63) is 70.8 Å². The zero-order valence-corrected chi connectivity index (χ0v) is 19.1. The summed E-state index contributed by atoms with van der Waals surface area (Å²) in [5.74, 6) is 0.230. The van der Waals surface area contributed by atoms with E-state index in [1.54, 1.807) is 12.1 Å². The van der Waals surface area contributed by atoms with E-state index < -0.39 is 6.10 Å². The molecule has 1 fully saturated rings. The van der Waals surface area contributed by atoms with E-state index in [1.807, 2.05) is 18.2 Å². The fourth-order valence-corrected chi connectivity index (χ4v) is 3.90. The Morgan fingerprint density at radius 1 is 1.16 bits per heavy atom. The van der Waals surface area contributed by atoms with Crippen LogP contribution in [0, 0.1) is 12.8 Å². The highest BCUT2D eigenvalue weighted by Gasteiger charge is 2.34. The summed E-state index contributed by atoms with van der Waals surface area (Å²) in [5, 5.41) is 14.0. The Kier molecular flexibility index (Phi) is 7.87. The van der Waals surface area contributed by atoms with Crippen molar-refractivity contribution in [1.82, 2.24) is 5.32 Å². The van der Waals surface area contributed by atoms with Crippen LogP contribution in [0.3, 0.4) is 0 Å².